The van der Waals surface area contributed by atoms with Gasteiger partial charge >= 0.3 is 0 Å². The van der Waals surface area contributed by atoms with Gasteiger partial charge in [-0.3, -0.25) is 14.5 Å². The fourth-order valence-corrected chi connectivity index (χ4v) is 4.03. The average Bonchev–Trinajstić information content (AvgIpc) is 2.99. The van der Waals surface area contributed by atoms with E-state index < -0.39 is 5.25 Å². The van der Waals surface area contributed by atoms with Crippen LogP contribution in [0.4, 0.5) is 11.4 Å². The van der Waals surface area contributed by atoms with Crippen LogP contribution in [0.25, 0.3) is 0 Å². The van der Waals surface area contributed by atoms with Crippen molar-refractivity contribution < 1.29 is 19.1 Å². The van der Waals surface area contributed by atoms with Gasteiger partial charge in [-0.1, -0.05) is 11.8 Å². The van der Waals surface area contributed by atoms with Crippen molar-refractivity contribution in [1.82, 2.24) is 4.90 Å². The monoisotopic (exact) mass is 427 g/mol. The van der Waals surface area contributed by atoms with Gasteiger partial charge in [0.2, 0.25) is 11.8 Å². The van der Waals surface area contributed by atoms with Gasteiger partial charge in [0.1, 0.15) is 16.7 Å². The predicted molar refractivity (Wildman–Crippen MR) is 120 cm³/mol. The Morgan fingerprint density at radius 1 is 1.03 bits per heavy atom. The Morgan fingerprint density at radius 2 is 1.60 bits per heavy atom. The molecule has 0 unspecified atom stereocenters. The molecule has 1 fully saturated rings. The Bertz CT molecular complexity index is 913. The quantitative estimate of drug-likeness (QED) is 0.687. The number of rotatable bonds is 8. The molecule has 7 nitrogen and oxygen atoms in total. The molecular formula is C22H25N3O4S. The summed E-state index contributed by atoms with van der Waals surface area (Å²) in [7, 11) is 1.67. The second-order valence-electron chi connectivity index (χ2n) is 6.53. The molecular weight excluding hydrogens is 402 g/mol. The zero-order valence-electron chi connectivity index (χ0n) is 17.3. The van der Waals surface area contributed by atoms with Gasteiger partial charge in [0.25, 0.3) is 0 Å². The van der Waals surface area contributed by atoms with Crippen LogP contribution in [0.3, 0.4) is 0 Å². The van der Waals surface area contributed by atoms with Gasteiger partial charge in [0.05, 0.1) is 18.9 Å². The molecule has 30 heavy (non-hydrogen) atoms. The minimum Gasteiger partial charge on any atom is -0.494 e. The second-order valence-corrected chi connectivity index (χ2v) is 7.70. The van der Waals surface area contributed by atoms with Gasteiger partial charge in [-0.05, 0) is 62.4 Å². The zero-order valence-corrected chi connectivity index (χ0v) is 18.1. The molecule has 0 spiro atoms. The number of thioether (sulfide) groups is 1. The maximum atomic E-state index is 12.6. The molecule has 0 saturated carbocycles. The summed E-state index contributed by atoms with van der Waals surface area (Å²) < 4.78 is 10.8. The van der Waals surface area contributed by atoms with Gasteiger partial charge < -0.3 is 14.8 Å². The maximum absolute atomic E-state index is 12.6. The number of amidine groups is 1. The number of aliphatic imine (C=N–C) groups is 1. The van der Waals surface area contributed by atoms with Crippen molar-refractivity contribution in [3.63, 3.8) is 0 Å². The third kappa shape index (κ3) is 5.54. The van der Waals surface area contributed by atoms with Gasteiger partial charge in [-0.2, -0.15) is 0 Å². The second kappa shape index (κ2) is 10.2. The van der Waals surface area contributed by atoms with E-state index in [1.54, 1.807) is 31.3 Å². The summed E-state index contributed by atoms with van der Waals surface area (Å²) in [6, 6.07) is 14.5. The SMILES string of the molecule is CCOc1ccc(N=C2S[C@H](CC(=O)Nc3ccc(OCC)cc3)C(=O)N2C)cc1. The van der Waals surface area contributed by atoms with Gasteiger partial charge in [0, 0.05) is 19.2 Å². The van der Waals surface area contributed by atoms with E-state index in [0.717, 1.165) is 17.2 Å². The molecule has 0 radical (unpaired) electrons. The normalized spacial score (nSPS) is 17.3. The van der Waals surface area contributed by atoms with Crippen LogP contribution in [0.1, 0.15) is 20.3 Å². The van der Waals surface area contributed by atoms with Crippen LogP contribution in [0, 0.1) is 0 Å². The van der Waals surface area contributed by atoms with E-state index in [1.807, 2.05) is 38.1 Å². The lowest BCUT2D eigenvalue weighted by Crippen LogP contribution is -2.30. The first-order valence-corrected chi connectivity index (χ1v) is 10.7. The Labute approximate surface area is 180 Å². The molecule has 1 heterocycles. The lowest BCUT2D eigenvalue weighted by Gasteiger charge is -2.10. The van der Waals surface area contributed by atoms with E-state index in [-0.39, 0.29) is 18.2 Å². The van der Waals surface area contributed by atoms with Crippen LogP contribution in [0.2, 0.25) is 0 Å². The Hall–Kier alpha value is -3.00. The number of nitrogens with zero attached hydrogens (tertiary/aromatic N) is 2. The third-order valence-electron chi connectivity index (χ3n) is 4.33. The number of nitrogens with one attached hydrogen (secondary N) is 1. The summed E-state index contributed by atoms with van der Waals surface area (Å²) in [5.41, 5.74) is 1.38. The van der Waals surface area contributed by atoms with Crippen molar-refractivity contribution in [3.8, 4) is 11.5 Å². The van der Waals surface area contributed by atoms with Crippen LogP contribution >= 0.6 is 11.8 Å². The molecule has 1 saturated heterocycles. The van der Waals surface area contributed by atoms with E-state index in [9.17, 15) is 9.59 Å². The number of benzene rings is 2. The molecule has 1 atom stereocenters. The molecule has 0 bridgehead atoms. The number of ether oxygens (including phenoxy) is 2. The topological polar surface area (TPSA) is 80.2 Å². The summed E-state index contributed by atoms with van der Waals surface area (Å²) in [5, 5.41) is 2.90. The summed E-state index contributed by atoms with van der Waals surface area (Å²) in [6.45, 7) is 5.02. The highest BCUT2D eigenvalue weighted by atomic mass is 32.2. The van der Waals surface area contributed by atoms with E-state index in [2.05, 4.69) is 10.3 Å². The first-order valence-electron chi connectivity index (χ1n) is 9.78. The van der Waals surface area contributed by atoms with Crippen molar-refractivity contribution in [1.29, 1.82) is 0 Å². The first-order chi connectivity index (χ1) is 14.5. The largest absolute Gasteiger partial charge is 0.494 e. The molecule has 2 aromatic carbocycles. The number of carbonyl (C=O) groups is 2. The predicted octanol–water partition coefficient (Wildman–Crippen LogP) is 4.07. The lowest BCUT2D eigenvalue weighted by atomic mass is 10.2. The number of hydrogen-bond donors (Lipinski definition) is 1. The standard InChI is InChI=1S/C22H25N3O4S/c1-4-28-17-10-6-15(7-11-17)23-20(26)14-19-21(27)25(3)22(30-19)24-16-8-12-18(13-9-16)29-5-2/h6-13,19H,4-5,14H2,1-3H3,(H,23,26)/t19-/m1/s1. The fourth-order valence-electron chi connectivity index (χ4n) is 2.87. The van der Waals surface area contributed by atoms with Crippen LogP contribution in [-0.2, 0) is 9.59 Å². The van der Waals surface area contributed by atoms with Crippen molar-refractivity contribution >= 4 is 40.1 Å². The highest BCUT2D eigenvalue weighted by Gasteiger charge is 2.37. The highest BCUT2D eigenvalue weighted by molar-refractivity contribution is 8.15. The fraction of sp³-hybridized carbons (Fsp3) is 0.318. The first kappa shape index (κ1) is 21.7. The van der Waals surface area contributed by atoms with Gasteiger partial charge in [-0.25, -0.2) is 4.99 Å². The summed E-state index contributed by atoms with van der Waals surface area (Å²) in [6.07, 6.45) is 0.0728. The van der Waals surface area contributed by atoms with Crippen molar-refractivity contribution in [2.24, 2.45) is 4.99 Å². The summed E-state index contributed by atoms with van der Waals surface area (Å²) >= 11 is 1.30. The number of amides is 2. The van der Waals surface area contributed by atoms with Gasteiger partial charge in [0.15, 0.2) is 5.17 Å². The Balaban J connectivity index is 1.60. The minimum absolute atomic E-state index is 0.0728. The van der Waals surface area contributed by atoms with Gasteiger partial charge in [-0.15, -0.1) is 0 Å². The lowest BCUT2D eigenvalue weighted by molar-refractivity contribution is -0.127. The minimum atomic E-state index is -0.501. The van der Waals surface area contributed by atoms with E-state index >= 15 is 0 Å². The number of anilines is 1. The van der Waals surface area contributed by atoms with E-state index in [0.29, 0.717) is 24.1 Å². The molecule has 2 aromatic rings. The molecule has 8 heteroatoms. The molecule has 3 rings (SSSR count). The van der Waals surface area contributed by atoms with Crippen LogP contribution in [-0.4, -0.2) is 47.4 Å². The van der Waals surface area contributed by atoms with Crippen LogP contribution < -0.4 is 14.8 Å². The van der Waals surface area contributed by atoms with E-state index in [1.165, 1.54) is 16.7 Å². The highest BCUT2D eigenvalue weighted by Crippen LogP contribution is 2.31. The number of hydrogen-bond acceptors (Lipinski definition) is 6. The maximum Gasteiger partial charge on any atom is 0.242 e. The van der Waals surface area contributed by atoms with Crippen LogP contribution in [0.15, 0.2) is 53.5 Å². The Kier molecular flexibility index (Phi) is 7.35. The number of carbonyl (C=O) groups excluding carboxylic acids is 2. The molecule has 1 aliphatic rings. The van der Waals surface area contributed by atoms with Crippen molar-refractivity contribution in [3.05, 3.63) is 48.5 Å². The summed E-state index contributed by atoms with van der Waals surface area (Å²) in [5.74, 6) is 1.16. The average molecular weight is 428 g/mol. The zero-order chi connectivity index (χ0) is 21.5. The molecule has 1 aliphatic heterocycles. The third-order valence-corrected chi connectivity index (χ3v) is 5.56. The van der Waals surface area contributed by atoms with E-state index in [4.69, 9.17) is 9.47 Å². The van der Waals surface area contributed by atoms with Crippen molar-refractivity contribution in [2.75, 3.05) is 25.6 Å². The molecule has 2 amide bonds. The molecule has 0 aromatic heterocycles. The summed E-state index contributed by atoms with van der Waals surface area (Å²) in [4.78, 5) is 31.0. The van der Waals surface area contributed by atoms with Crippen molar-refractivity contribution in [2.45, 2.75) is 25.5 Å². The molecule has 158 valence electrons. The molecule has 1 N–H and O–H groups in total. The van der Waals surface area contributed by atoms with Crippen LogP contribution in [0.5, 0.6) is 11.5 Å². The Morgan fingerprint density at radius 3 is 2.17 bits per heavy atom. The molecule has 0 aliphatic carbocycles. The smallest absolute Gasteiger partial charge is 0.242 e.